The molecule has 1 fully saturated rings. The summed E-state index contributed by atoms with van der Waals surface area (Å²) >= 11 is 0. The first-order valence-electron chi connectivity index (χ1n) is 10.9. The van der Waals surface area contributed by atoms with E-state index in [9.17, 15) is 9.59 Å². The van der Waals surface area contributed by atoms with E-state index >= 15 is 0 Å². The van der Waals surface area contributed by atoms with Gasteiger partial charge in [0.25, 0.3) is 11.8 Å². The molecule has 0 aromatic heterocycles. The quantitative estimate of drug-likeness (QED) is 0.668. The molecule has 0 unspecified atom stereocenters. The van der Waals surface area contributed by atoms with Crippen LogP contribution < -0.4 is 5.32 Å². The van der Waals surface area contributed by atoms with E-state index in [-0.39, 0.29) is 11.8 Å². The van der Waals surface area contributed by atoms with Crippen LogP contribution in [0.4, 0.5) is 5.69 Å². The van der Waals surface area contributed by atoms with Crippen LogP contribution in [0.2, 0.25) is 0 Å². The lowest BCUT2D eigenvalue weighted by Gasteiger charge is -2.26. The summed E-state index contributed by atoms with van der Waals surface area (Å²) in [5, 5.41) is 5.00. The van der Waals surface area contributed by atoms with Crippen molar-refractivity contribution in [1.82, 2.24) is 4.90 Å². The van der Waals surface area contributed by atoms with Gasteiger partial charge in [-0.3, -0.25) is 9.59 Å². The first-order chi connectivity index (χ1) is 15.1. The van der Waals surface area contributed by atoms with Crippen LogP contribution in [0.25, 0.3) is 10.8 Å². The van der Waals surface area contributed by atoms with Gasteiger partial charge < -0.3 is 15.0 Å². The van der Waals surface area contributed by atoms with Crippen molar-refractivity contribution in [2.75, 3.05) is 25.1 Å². The van der Waals surface area contributed by atoms with E-state index in [1.165, 1.54) is 0 Å². The Morgan fingerprint density at radius 3 is 2.61 bits per heavy atom. The molecule has 3 aromatic rings. The minimum atomic E-state index is -0.194. The third kappa shape index (κ3) is 3.70. The van der Waals surface area contributed by atoms with E-state index in [1.807, 2.05) is 66.4 Å². The van der Waals surface area contributed by atoms with E-state index in [1.54, 1.807) is 0 Å². The highest BCUT2D eigenvalue weighted by atomic mass is 16.5. The SMILES string of the molecule is Cc1ccc(C(=O)Nc2cccc3c2C(=O)N(CC2CCOCC2)C3)c2ccccc12. The number of nitrogens with zero attached hydrogens (tertiary/aromatic N) is 1. The zero-order valence-electron chi connectivity index (χ0n) is 17.7. The summed E-state index contributed by atoms with van der Waals surface area (Å²) in [6.45, 7) is 4.92. The van der Waals surface area contributed by atoms with Crippen molar-refractivity contribution < 1.29 is 14.3 Å². The Morgan fingerprint density at radius 1 is 1.03 bits per heavy atom. The Balaban J connectivity index is 1.40. The highest BCUT2D eigenvalue weighted by Gasteiger charge is 2.32. The number of hydrogen-bond acceptors (Lipinski definition) is 3. The fraction of sp³-hybridized carbons (Fsp3) is 0.308. The average Bonchev–Trinajstić information content (AvgIpc) is 3.11. The molecule has 2 heterocycles. The smallest absolute Gasteiger partial charge is 0.256 e. The van der Waals surface area contributed by atoms with Gasteiger partial charge in [-0.1, -0.05) is 42.5 Å². The van der Waals surface area contributed by atoms with Gasteiger partial charge in [-0.2, -0.15) is 0 Å². The van der Waals surface area contributed by atoms with Gasteiger partial charge >= 0.3 is 0 Å². The number of nitrogens with one attached hydrogen (secondary N) is 1. The number of rotatable bonds is 4. The molecule has 0 spiro atoms. The maximum atomic E-state index is 13.2. The van der Waals surface area contributed by atoms with Gasteiger partial charge in [-0.25, -0.2) is 0 Å². The van der Waals surface area contributed by atoms with Crippen LogP contribution >= 0.6 is 0 Å². The van der Waals surface area contributed by atoms with E-state index in [2.05, 4.69) is 5.32 Å². The van der Waals surface area contributed by atoms with Gasteiger partial charge in [0.1, 0.15) is 0 Å². The van der Waals surface area contributed by atoms with E-state index in [4.69, 9.17) is 4.74 Å². The molecule has 2 aliphatic heterocycles. The van der Waals surface area contributed by atoms with Crippen molar-refractivity contribution in [3.05, 3.63) is 76.9 Å². The first kappa shape index (κ1) is 19.8. The number of benzene rings is 3. The minimum Gasteiger partial charge on any atom is -0.381 e. The molecule has 0 saturated carbocycles. The van der Waals surface area contributed by atoms with Gasteiger partial charge in [-0.05, 0) is 59.7 Å². The number of fused-ring (bicyclic) bond motifs is 2. The molecule has 5 heteroatoms. The van der Waals surface area contributed by atoms with Gasteiger partial charge in [0, 0.05) is 31.9 Å². The monoisotopic (exact) mass is 414 g/mol. The molecule has 158 valence electrons. The summed E-state index contributed by atoms with van der Waals surface area (Å²) in [7, 11) is 0. The van der Waals surface area contributed by atoms with E-state index < -0.39 is 0 Å². The number of carbonyl (C=O) groups is 2. The van der Waals surface area contributed by atoms with Gasteiger partial charge in [0.15, 0.2) is 0 Å². The van der Waals surface area contributed by atoms with E-state index in [0.29, 0.717) is 29.3 Å². The van der Waals surface area contributed by atoms with E-state index in [0.717, 1.165) is 54.5 Å². The lowest BCUT2D eigenvalue weighted by molar-refractivity contribution is 0.0469. The number of amides is 2. The van der Waals surface area contributed by atoms with Gasteiger partial charge in [0.05, 0.1) is 11.3 Å². The molecule has 1 N–H and O–H groups in total. The molecule has 0 aliphatic carbocycles. The standard InChI is InChI=1S/C26H26N2O3/c1-17-9-10-22(21-7-3-2-6-20(17)21)25(29)27-23-8-4-5-19-16-28(26(30)24(19)23)15-18-11-13-31-14-12-18/h2-10,18H,11-16H2,1H3,(H,27,29). The second-order valence-corrected chi connectivity index (χ2v) is 8.51. The molecular weight excluding hydrogens is 388 g/mol. The van der Waals surface area contributed by atoms with Crippen molar-refractivity contribution in [2.45, 2.75) is 26.3 Å². The molecule has 5 nitrogen and oxygen atoms in total. The zero-order chi connectivity index (χ0) is 21.4. The molecule has 3 aromatic carbocycles. The Labute approximate surface area is 182 Å². The van der Waals surface area contributed by atoms with Crippen LogP contribution in [0.5, 0.6) is 0 Å². The molecule has 5 rings (SSSR count). The molecule has 31 heavy (non-hydrogen) atoms. The van der Waals surface area contributed by atoms with Crippen molar-refractivity contribution >= 4 is 28.3 Å². The van der Waals surface area contributed by atoms with Crippen molar-refractivity contribution in [1.29, 1.82) is 0 Å². The zero-order valence-corrected chi connectivity index (χ0v) is 17.7. The second kappa shape index (κ2) is 8.16. The Hall–Kier alpha value is -3.18. The number of carbonyl (C=O) groups excluding carboxylic acids is 2. The summed E-state index contributed by atoms with van der Waals surface area (Å²) < 4.78 is 5.44. The van der Waals surface area contributed by atoms with Crippen LogP contribution in [0.1, 0.15) is 44.7 Å². The largest absolute Gasteiger partial charge is 0.381 e. The number of anilines is 1. The fourth-order valence-electron chi connectivity index (χ4n) is 4.75. The number of hydrogen-bond donors (Lipinski definition) is 1. The lowest BCUT2D eigenvalue weighted by Crippen LogP contribution is -2.32. The van der Waals surface area contributed by atoms with Crippen molar-refractivity contribution in [2.24, 2.45) is 5.92 Å². The third-order valence-corrected chi connectivity index (χ3v) is 6.47. The maximum Gasteiger partial charge on any atom is 0.256 e. The topological polar surface area (TPSA) is 58.6 Å². The van der Waals surface area contributed by atoms with Crippen molar-refractivity contribution in [3.8, 4) is 0 Å². The van der Waals surface area contributed by atoms with Crippen LogP contribution in [0.3, 0.4) is 0 Å². The predicted molar refractivity (Wildman–Crippen MR) is 121 cm³/mol. The average molecular weight is 415 g/mol. The maximum absolute atomic E-state index is 13.2. The highest BCUT2D eigenvalue weighted by Crippen LogP contribution is 2.32. The molecule has 2 amide bonds. The molecular formula is C26H26N2O3. The van der Waals surface area contributed by atoms with Crippen molar-refractivity contribution in [3.63, 3.8) is 0 Å². The lowest BCUT2D eigenvalue weighted by atomic mass is 9.99. The summed E-state index contributed by atoms with van der Waals surface area (Å²) in [6, 6.07) is 17.4. The third-order valence-electron chi connectivity index (χ3n) is 6.47. The van der Waals surface area contributed by atoms with Crippen LogP contribution in [-0.2, 0) is 11.3 Å². The van der Waals surface area contributed by atoms with Crippen LogP contribution in [0, 0.1) is 12.8 Å². The molecule has 0 atom stereocenters. The second-order valence-electron chi connectivity index (χ2n) is 8.51. The minimum absolute atomic E-state index is 0.00570. The normalized spacial score (nSPS) is 16.5. The summed E-state index contributed by atoms with van der Waals surface area (Å²) in [5.41, 5.74) is 3.93. The predicted octanol–water partition coefficient (Wildman–Crippen LogP) is 4.78. The summed E-state index contributed by atoms with van der Waals surface area (Å²) in [4.78, 5) is 28.3. The first-order valence-corrected chi connectivity index (χ1v) is 10.9. The van der Waals surface area contributed by atoms with Crippen LogP contribution in [0.15, 0.2) is 54.6 Å². The van der Waals surface area contributed by atoms with Gasteiger partial charge in [0.2, 0.25) is 0 Å². The van der Waals surface area contributed by atoms with Crippen LogP contribution in [-0.4, -0.2) is 36.5 Å². The fourth-order valence-corrected chi connectivity index (χ4v) is 4.75. The summed E-state index contributed by atoms with van der Waals surface area (Å²) in [5.74, 6) is 0.287. The molecule has 2 aliphatic rings. The number of aryl methyl sites for hydroxylation is 1. The molecule has 1 saturated heterocycles. The Morgan fingerprint density at radius 2 is 1.81 bits per heavy atom. The molecule has 0 bridgehead atoms. The van der Waals surface area contributed by atoms with Gasteiger partial charge in [-0.15, -0.1) is 0 Å². The highest BCUT2D eigenvalue weighted by molar-refractivity contribution is 6.15. The Kier molecular flexibility index (Phi) is 5.20. The summed E-state index contributed by atoms with van der Waals surface area (Å²) in [6.07, 6.45) is 1.98. The Bertz CT molecular complexity index is 1160. The molecule has 0 radical (unpaired) electrons. The number of ether oxygens (including phenoxy) is 1.